The molecule has 0 radical (unpaired) electrons. The summed E-state index contributed by atoms with van der Waals surface area (Å²) in [6, 6.07) is -0.369. The van der Waals surface area contributed by atoms with Crippen molar-refractivity contribution in [1.82, 2.24) is 10.2 Å². The molecule has 0 spiro atoms. The highest BCUT2D eigenvalue weighted by molar-refractivity contribution is 5.82. The highest BCUT2D eigenvalue weighted by atomic mass is 16.2. The Morgan fingerprint density at radius 1 is 1.69 bits per heavy atom. The van der Waals surface area contributed by atoms with Gasteiger partial charge in [0.15, 0.2) is 0 Å². The van der Waals surface area contributed by atoms with E-state index in [2.05, 4.69) is 5.32 Å². The lowest BCUT2D eigenvalue weighted by Gasteiger charge is -2.30. The minimum absolute atomic E-state index is 0.0538. The monoisotopic (exact) mass is 227 g/mol. The van der Waals surface area contributed by atoms with E-state index in [0.29, 0.717) is 25.8 Å². The third kappa shape index (κ3) is 3.48. The predicted octanol–water partition coefficient (Wildman–Crippen LogP) is -0.149. The van der Waals surface area contributed by atoms with Crippen molar-refractivity contribution < 1.29 is 9.59 Å². The van der Waals surface area contributed by atoms with Crippen molar-refractivity contribution >= 4 is 11.8 Å². The molecule has 1 aliphatic rings. The maximum Gasteiger partial charge on any atom is 0.237 e. The zero-order valence-electron chi connectivity index (χ0n) is 10.0. The van der Waals surface area contributed by atoms with Crippen LogP contribution in [0.5, 0.6) is 0 Å². The second-order valence-electron chi connectivity index (χ2n) is 4.41. The number of piperidine rings is 1. The molecule has 3 N–H and O–H groups in total. The van der Waals surface area contributed by atoms with Crippen LogP contribution in [0.15, 0.2) is 0 Å². The fourth-order valence-electron chi connectivity index (χ4n) is 1.88. The van der Waals surface area contributed by atoms with Gasteiger partial charge in [0, 0.05) is 26.1 Å². The third-order valence-electron chi connectivity index (χ3n) is 2.91. The van der Waals surface area contributed by atoms with Gasteiger partial charge >= 0.3 is 0 Å². The first-order valence-corrected chi connectivity index (χ1v) is 5.84. The molecule has 0 bridgehead atoms. The minimum Gasteiger partial charge on any atom is -0.350 e. The third-order valence-corrected chi connectivity index (χ3v) is 2.91. The second-order valence-corrected chi connectivity index (χ2v) is 4.41. The lowest BCUT2D eigenvalue weighted by molar-refractivity contribution is -0.134. The Balaban J connectivity index is 2.37. The number of rotatable bonds is 4. The SMILES string of the molecule is CCC[C@H](N)C(=O)NC1CCC(=O)N(C)C1. The minimum atomic E-state index is -0.423. The predicted molar refractivity (Wildman–Crippen MR) is 61.7 cm³/mol. The van der Waals surface area contributed by atoms with Crippen LogP contribution in [-0.4, -0.2) is 42.4 Å². The molecule has 1 unspecified atom stereocenters. The van der Waals surface area contributed by atoms with Crippen LogP contribution in [0.4, 0.5) is 0 Å². The summed E-state index contributed by atoms with van der Waals surface area (Å²) in [4.78, 5) is 24.6. The Labute approximate surface area is 96.4 Å². The van der Waals surface area contributed by atoms with Crippen molar-refractivity contribution in [3.05, 3.63) is 0 Å². The molecule has 2 amide bonds. The number of hydrogen-bond acceptors (Lipinski definition) is 3. The number of nitrogens with one attached hydrogen (secondary N) is 1. The summed E-state index contributed by atoms with van der Waals surface area (Å²) >= 11 is 0. The summed E-state index contributed by atoms with van der Waals surface area (Å²) in [7, 11) is 1.76. The first kappa shape index (κ1) is 13.0. The van der Waals surface area contributed by atoms with Crippen molar-refractivity contribution in [3.63, 3.8) is 0 Å². The zero-order valence-corrected chi connectivity index (χ0v) is 10.0. The van der Waals surface area contributed by atoms with Gasteiger partial charge in [-0.25, -0.2) is 0 Å². The molecule has 0 aromatic heterocycles. The molecule has 1 aliphatic heterocycles. The summed E-state index contributed by atoms with van der Waals surface area (Å²) in [6.45, 7) is 2.59. The lowest BCUT2D eigenvalue weighted by atomic mass is 10.0. The lowest BCUT2D eigenvalue weighted by Crippen LogP contribution is -2.52. The molecule has 5 nitrogen and oxygen atoms in total. The average Bonchev–Trinajstić information content (AvgIpc) is 2.24. The fourth-order valence-corrected chi connectivity index (χ4v) is 1.88. The Hall–Kier alpha value is -1.10. The topological polar surface area (TPSA) is 75.4 Å². The van der Waals surface area contributed by atoms with E-state index in [9.17, 15) is 9.59 Å². The van der Waals surface area contributed by atoms with Crippen LogP contribution in [0.2, 0.25) is 0 Å². The average molecular weight is 227 g/mol. The summed E-state index contributed by atoms with van der Waals surface area (Å²) in [5, 5.41) is 2.90. The molecular weight excluding hydrogens is 206 g/mol. The number of amides is 2. The van der Waals surface area contributed by atoms with Crippen molar-refractivity contribution in [2.24, 2.45) is 5.73 Å². The Bertz CT molecular complexity index is 268. The molecular formula is C11H21N3O2. The molecule has 1 fully saturated rings. The fraction of sp³-hybridized carbons (Fsp3) is 0.818. The second kappa shape index (κ2) is 5.84. The van der Waals surface area contributed by atoms with E-state index in [4.69, 9.17) is 5.73 Å². The van der Waals surface area contributed by atoms with Crippen LogP contribution in [-0.2, 0) is 9.59 Å². The standard InChI is InChI=1S/C11H21N3O2/c1-3-4-9(12)11(16)13-8-5-6-10(15)14(2)7-8/h8-9H,3-7,12H2,1-2H3,(H,13,16)/t8?,9-/m0/s1. The van der Waals surface area contributed by atoms with E-state index in [1.807, 2.05) is 6.92 Å². The van der Waals surface area contributed by atoms with Crippen LogP contribution in [0, 0.1) is 0 Å². The van der Waals surface area contributed by atoms with E-state index < -0.39 is 6.04 Å². The normalized spacial score (nSPS) is 23.1. The van der Waals surface area contributed by atoms with E-state index >= 15 is 0 Å². The van der Waals surface area contributed by atoms with E-state index in [1.54, 1.807) is 11.9 Å². The Morgan fingerprint density at radius 2 is 2.38 bits per heavy atom. The molecule has 2 atom stereocenters. The van der Waals surface area contributed by atoms with Crippen LogP contribution >= 0.6 is 0 Å². The quantitative estimate of drug-likeness (QED) is 0.701. The van der Waals surface area contributed by atoms with Crippen LogP contribution < -0.4 is 11.1 Å². The summed E-state index contributed by atoms with van der Waals surface area (Å²) in [6.07, 6.45) is 2.82. The van der Waals surface area contributed by atoms with Gasteiger partial charge in [-0.2, -0.15) is 0 Å². The highest BCUT2D eigenvalue weighted by Gasteiger charge is 2.25. The number of hydrogen-bond donors (Lipinski definition) is 2. The van der Waals surface area contributed by atoms with Gasteiger partial charge in [0.25, 0.3) is 0 Å². The number of likely N-dealkylation sites (tertiary alicyclic amines) is 1. The number of carbonyl (C=O) groups is 2. The Morgan fingerprint density at radius 3 is 2.94 bits per heavy atom. The molecule has 1 saturated heterocycles. The van der Waals surface area contributed by atoms with Crippen molar-refractivity contribution in [2.45, 2.75) is 44.7 Å². The van der Waals surface area contributed by atoms with E-state index in [0.717, 1.165) is 6.42 Å². The van der Waals surface area contributed by atoms with Gasteiger partial charge in [-0.1, -0.05) is 13.3 Å². The van der Waals surface area contributed by atoms with E-state index in [-0.39, 0.29) is 17.9 Å². The highest BCUT2D eigenvalue weighted by Crippen LogP contribution is 2.09. The summed E-state index contributed by atoms with van der Waals surface area (Å²) in [5.41, 5.74) is 5.71. The smallest absolute Gasteiger partial charge is 0.237 e. The van der Waals surface area contributed by atoms with E-state index in [1.165, 1.54) is 0 Å². The molecule has 1 rings (SSSR count). The maximum absolute atomic E-state index is 11.6. The van der Waals surface area contributed by atoms with Gasteiger partial charge in [0.1, 0.15) is 0 Å². The van der Waals surface area contributed by atoms with Gasteiger partial charge in [0.05, 0.1) is 6.04 Å². The zero-order chi connectivity index (χ0) is 12.1. The molecule has 0 aromatic carbocycles. The van der Waals surface area contributed by atoms with Crippen molar-refractivity contribution in [1.29, 1.82) is 0 Å². The molecule has 5 heteroatoms. The molecule has 0 aliphatic carbocycles. The van der Waals surface area contributed by atoms with Crippen molar-refractivity contribution in [2.75, 3.05) is 13.6 Å². The Kier molecular flexibility index (Phi) is 4.73. The molecule has 16 heavy (non-hydrogen) atoms. The first-order valence-electron chi connectivity index (χ1n) is 5.84. The number of nitrogens with two attached hydrogens (primary N) is 1. The van der Waals surface area contributed by atoms with Crippen LogP contribution in [0.25, 0.3) is 0 Å². The first-order chi connectivity index (χ1) is 7.54. The molecule has 1 heterocycles. The summed E-state index contributed by atoms with van der Waals surface area (Å²) < 4.78 is 0. The largest absolute Gasteiger partial charge is 0.350 e. The van der Waals surface area contributed by atoms with Gasteiger partial charge in [0.2, 0.25) is 11.8 Å². The van der Waals surface area contributed by atoms with Gasteiger partial charge in [-0.05, 0) is 12.8 Å². The number of nitrogens with zero attached hydrogens (tertiary/aromatic N) is 1. The maximum atomic E-state index is 11.6. The van der Waals surface area contributed by atoms with Gasteiger partial charge in [-0.15, -0.1) is 0 Å². The van der Waals surface area contributed by atoms with Crippen LogP contribution in [0.1, 0.15) is 32.6 Å². The number of likely N-dealkylation sites (N-methyl/N-ethyl adjacent to an activating group) is 1. The van der Waals surface area contributed by atoms with Gasteiger partial charge < -0.3 is 16.0 Å². The summed E-state index contributed by atoms with van der Waals surface area (Å²) in [5.74, 6) is 0.0398. The molecule has 0 saturated carbocycles. The van der Waals surface area contributed by atoms with Crippen LogP contribution in [0.3, 0.4) is 0 Å². The van der Waals surface area contributed by atoms with Crippen molar-refractivity contribution in [3.8, 4) is 0 Å². The molecule has 92 valence electrons. The number of carbonyl (C=O) groups excluding carboxylic acids is 2. The molecule has 0 aromatic rings. The van der Waals surface area contributed by atoms with Gasteiger partial charge in [-0.3, -0.25) is 9.59 Å².